The number of hydrogen-bond acceptors (Lipinski definition) is 4. The van der Waals surface area contributed by atoms with Crippen LogP contribution in [0.1, 0.15) is 75.6 Å². The normalized spacial score (nSPS) is 14.6. The SMILES string of the molecule is CCC(c1nc2ccccc2[nH]1)N(C(CC)c1nc2ccccc2[nH]1)C(CC)c1nc2ccccc2[nH]1. The van der Waals surface area contributed by atoms with Crippen LogP contribution in [0.3, 0.4) is 0 Å². The number of hydrogen-bond donors (Lipinski definition) is 3. The number of nitrogens with one attached hydrogen (secondary N) is 3. The standard InChI is InChI=1S/C30H33N7/c1-4-25(28-31-19-13-7-8-14-20(19)32-28)37(26(5-2)29-33-21-15-9-10-16-22(21)34-29)27(6-3)30-35-23-17-11-12-18-24(23)36-30/h7-18,25-27H,4-6H2,1-3H3,(H,31,32)(H,33,34)(H,35,36). The molecule has 3 N–H and O–H groups in total. The number of para-hydroxylation sites is 6. The molecule has 3 aromatic heterocycles. The smallest absolute Gasteiger partial charge is 0.124 e. The van der Waals surface area contributed by atoms with E-state index in [0.717, 1.165) is 69.8 Å². The summed E-state index contributed by atoms with van der Waals surface area (Å²) in [4.78, 5) is 28.6. The van der Waals surface area contributed by atoms with Crippen molar-refractivity contribution >= 4 is 33.1 Å². The number of aromatic nitrogens is 6. The van der Waals surface area contributed by atoms with E-state index < -0.39 is 0 Å². The van der Waals surface area contributed by atoms with Gasteiger partial charge in [-0.3, -0.25) is 4.90 Å². The molecule has 3 atom stereocenters. The Morgan fingerprint density at radius 2 is 0.811 bits per heavy atom. The molecule has 7 nitrogen and oxygen atoms in total. The van der Waals surface area contributed by atoms with E-state index in [0.29, 0.717) is 0 Å². The zero-order chi connectivity index (χ0) is 25.4. The molecular weight excluding hydrogens is 458 g/mol. The van der Waals surface area contributed by atoms with Gasteiger partial charge in [0, 0.05) is 0 Å². The van der Waals surface area contributed by atoms with Crippen LogP contribution < -0.4 is 0 Å². The number of benzene rings is 3. The summed E-state index contributed by atoms with van der Waals surface area (Å²) in [7, 11) is 0. The Morgan fingerprint density at radius 3 is 1.08 bits per heavy atom. The first-order valence-electron chi connectivity index (χ1n) is 13.3. The van der Waals surface area contributed by atoms with Crippen LogP contribution in [-0.4, -0.2) is 34.8 Å². The molecule has 0 amide bonds. The van der Waals surface area contributed by atoms with Crippen molar-refractivity contribution in [1.82, 2.24) is 34.8 Å². The van der Waals surface area contributed by atoms with Crippen LogP contribution in [0.25, 0.3) is 33.1 Å². The molecule has 0 aliphatic heterocycles. The second kappa shape index (κ2) is 9.82. The maximum absolute atomic E-state index is 5.05. The summed E-state index contributed by atoms with van der Waals surface area (Å²) in [5, 5.41) is 0. The summed E-state index contributed by atoms with van der Waals surface area (Å²) in [6, 6.07) is 24.9. The van der Waals surface area contributed by atoms with Crippen LogP contribution in [0.2, 0.25) is 0 Å². The van der Waals surface area contributed by atoms with Gasteiger partial charge in [0.1, 0.15) is 17.5 Å². The minimum absolute atomic E-state index is 0.0451. The molecule has 0 spiro atoms. The van der Waals surface area contributed by atoms with Crippen molar-refractivity contribution < 1.29 is 0 Å². The molecule has 7 heteroatoms. The highest BCUT2D eigenvalue weighted by Gasteiger charge is 2.37. The fourth-order valence-electron chi connectivity index (χ4n) is 5.68. The molecule has 0 fully saturated rings. The highest BCUT2D eigenvalue weighted by molar-refractivity contribution is 5.76. The maximum Gasteiger partial charge on any atom is 0.124 e. The van der Waals surface area contributed by atoms with E-state index in [-0.39, 0.29) is 18.1 Å². The van der Waals surface area contributed by atoms with Crippen molar-refractivity contribution in [2.45, 2.75) is 58.2 Å². The molecular formula is C30H33N7. The van der Waals surface area contributed by atoms with Crippen molar-refractivity contribution in [1.29, 1.82) is 0 Å². The fourth-order valence-corrected chi connectivity index (χ4v) is 5.68. The topological polar surface area (TPSA) is 89.3 Å². The van der Waals surface area contributed by atoms with Gasteiger partial charge in [-0.25, -0.2) is 15.0 Å². The zero-order valence-electron chi connectivity index (χ0n) is 21.6. The second-order valence-corrected chi connectivity index (χ2v) is 9.64. The number of aromatic amines is 3. The lowest BCUT2D eigenvalue weighted by atomic mass is 10.00. The molecule has 6 rings (SSSR count). The Labute approximate surface area is 216 Å². The van der Waals surface area contributed by atoms with Crippen molar-refractivity contribution in [3.8, 4) is 0 Å². The molecule has 0 aliphatic carbocycles. The van der Waals surface area contributed by atoms with Gasteiger partial charge in [-0.05, 0) is 55.7 Å². The number of nitrogens with zero attached hydrogens (tertiary/aromatic N) is 4. The number of imidazole rings is 3. The van der Waals surface area contributed by atoms with Gasteiger partial charge in [-0.2, -0.15) is 0 Å². The van der Waals surface area contributed by atoms with E-state index in [9.17, 15) is 0 Å². The van der Waals surface area contributed by atoms with Gasteiger partial charge in [0.2, 0.25) is 0 Å². The number of rotatable bonds is 9. The van der Waals surface area contributed by atoms with E-state index in [1.807, 2.05) is 18.2 Å². The van der Waals surface area contributed by atoms with E-state index >= 15 is 0 Å². The molecule has 3 heterocycles. The predicted octanol–water partition coefficient (Wildman–Crippen LogP) is 7.37. The van der Waals surface area contributed by atoms with Crippen molar-refractivity contribution in [2.24, 2.45) is 0 Å². The van der Waals surface area contributed by atoms with E-state index in [4.69, 9.17) is 15.0 Å². The minimum atomic E-state index is 0.0451. The van der Waals surface area contributed by atoms with Gasteiger partial charge in [0.25, 0.3) is 0 Å². The average molecular weight is 492 g/mol. The Balaban J connectivity index is 1.52. The van der Waals surface area contributed by atoms with Crippen LogP contribution in [0.5, 0.6) is 0 Å². The first-order valence-corrected chi connectivity index (χ1v) is 13.3. The number of H-pyrrole nitrogens is 3. The molecule has 37 heavy (non-hydrogen) atoms. The quantitative estimate of drug-likeness (QED) is 0.197. The highest BCUT2D eigenvalue weighted by atomic mass is 15.3. The van der Waals surface area contributed by atoms with Gasteiger partial charge in [0.05, 0.1) is 51.2 Å². The third-order valence-electron chi connectivity index (χ3n) is 7.41. The van der Waals surface area contributed by atoms with Gasteiger partial charge >= 0.3 is 0 Å². The molecule has 6 aromatic rings. The van der Waals surface area contributed by atoms with Crippen LogP contribution in [0.15, 0.2) is 72.8 Å². The van der Waals surface area contributed by atoms with Gasteiger partial charge < -0.3 is 15.0 Å². The van der Waals surface area contributed by atoms with Crippen molar-refractivity contribution in [2.75, 3.05) is 0 Å². The van der Waals surface area contributed by atoms with Crippen LogP contribution in [-0.2, 0) is 0 Å². The largest absolute Gasteiger partial charge is 0.341 e. The molecule has 0 saturated heterocycles. The van der Waals surface area contributed by atoms with Gasteiger partial charge in [-0.1, -0.05) is 57.2 Å². The van der Waals surface area contributed by atoms with E-state index in [1.54, 1.807) is 0 Å². The Kier molecular flexibility index (Phi) is 6.22. The summed E-state index contributed by atoms with van der Waals surface area (Å²) in [5.74, 6) is 2.94. The monoisotopic (exact) mass is 491 g/mol. The van der Waals surface area contributed by atoms with Crippen molar-refractivity contribution in [3.05, 3.63) is 90.3 Å². The van der Waals surface area contributed by atoms with Crippen molar-refractivity contribution in [3.63, 3.8) is 0 Å². The lowest BCUT2D eigenvalue weighted by molar-refractivity contribution is 0.0549. The molecule has 0 bridgehead atoms. The maximum atomic E-state index is 5.05. The summed E-state index contributed by atoms with van der Waals surface area (Å²) in [5.41, 5.74) is 6.15. The third kappa shape index (κ3) is 4.19. The summed E-state index contributed by atoms with van der Waals surface area (Å²) >= 11 is 0. The van der Waals surface area contributed by atoms with Gasteiger partial charge in [-0.15, -0.1) is 0 Å². The Hall–Kier alpha value is -3.97. The first-order chi connectivity index (χ1) is 18.2. The summed E-state index contributed by atoms with van der Waals surface area (Å²) < 4.78 is 0. The van der Waals surface area contributed by atoms with Crippen LogP contribution in [0, 0.1) is 0 Å². The van der Waals surface area contributed by atoms with Crippen LogP contribution >= 0.6 is 0 Å². The average Bonchev–Trinajstić information content (AvgIpc) is 3.66. The minimum Gasteiger partial charge on any atom is -0.341 e. The molecule has 3 unspecified atom stereocenters. The molecule has 3 aromatic carbocycles. The highest BCUT2D eigenvalue weighted by Crippen LogP contribution is 2.42. The zero-order valence-corrected chi connectivity index (χ0v) is 21.6. The first kappa shape index (κ1) is 23.4. The fraction of sp³-hybridized carbons (Fsp3) is 0.300. The van der Waals surface area contributed by atoms with E-state index in [1.165, 1.54) is 0 Å². The molecule has 0 radical (unpaired) electrons. The Bertz CT molecular complexity index is 1350. The van der Waals surface area contributed by atoms with E-state index in [2.05, 4.69) is 95.2 Å². The summed E-state index contributed by atoms with van der Waals surface area (Å²) in [6.45, 7) is 6.71. The third-order valence-corrected chi connectivity index (χ3v) is 7.41. The second-order valence-electron chi connectivity index (χ2n) is 9.64. The number of fused-ring (bicyclic) bond motifs is 3. The molecule has 188 valence electrons. The Morgan fingerprint density at radius 1 is 0.514 bits per heavy atom. The molecule has 0 saturated carbocycles. The van der Waals surface area contributed by atoms with Crippen LogP contribution in [0.4, 0.5) is 0 Å². The van der Waals surface area contributed by atoms with Gasteiger partial charge in [0.15, 0.2) is 0 Å². The predicted molar refractivity (Wildman–Crippen MR) is 149 cm³/mol. The lowest BCUT2D eigenvalue weighted by Crippen LogP contribution is -2.37. The lowest BCUT2D eigenvalue weighted by Gasteiger charge is -2.40. The summed E-state index contributed by atoms with van der Waals surface area (Å²) in [6.07, 6.45) is 2.69. The molecule has 0 aliphatic rings.